The van der Waals surface area contributed by atoms with E-state index < -0.39 is 0 Å². The number of allylic oxidation sites excluding steroid dienone is 2. The van der Waals surface area contributed by atoms with E-state index >= 15 is 0 Å². The van der Waals surface area contributed by atoms with Crippen molar-refractivity contribution < 1.29 is 0 Å². The van der Waals surface area contributed by atoms with E-state index in [1.165, 1.54) is 55.2 Å². The lowest BCUT2D eigenvalue weighted by molar-refractivity contribution is 1.13. The van der Waals surface area contributed by atoms with Crippen molar-refractivity contribution in [2.75, 3.05) is 0 Å². The molecule has 0 fully saturated rings. The minimum absolute atomic E-state index is 1.17. The van der Waals surface area contributed by atoms with Crippen molar-refractivity contribution in [3.63, 3.8) is 0 Å². The molecule has 0 saturated heterocycles. The van der Waals surface area contributed by atoms with E-state index in [4.69, 9.17) is 0 Å². The molecule has 0 spiro atoms. The van der Waals surface area contributed by atoms with Gasteiger partial charge in [-0.15, -0.1) is 0 Å². The fourth-order valence-corrected chi connectivity index (χ4v) is 4.57. The summed E-state index contributed by atoms with van der Waals surface area (Å²) in [6, 6.07) is 28.7. The van der Waals surface area contributed by atoms with Crippen LogP contribution < -0.4 is 0 Å². The third-order valence-corrected chi connectivity index (χ3v) is 6.26. The van der Waals surface area contributed by atoms with Crippen molar-refractivity contribution in [1.29, 1.82) is 0 Å². The molecule has 0 saturated carbocycles. The molecule has 1 aromatic heterocycles. The highest BCUT2D eigenvalue weighted by atomic mass is 15.0. The fraction of sp³-hybridized carbons (Fsp3) is 0.0968. The van der Waals surface area contributed by atoms with E-state index in [1.807, 2.05) is 0 Å². The van der Waals surface area contributed by atoms with Crippen LogP contribution in [-0.2, 0) is 0 Å². The van der Waals surface area contributed by atoms with Gasteiger partial charge in [0.25, 0.3) is 0 Å². The summed E-state index contributed by atoms with van der Waals surface area (Å²) in [5.41, 5.74) is 8.73. The molecule has 1 heterocycles. The molecule has 0 aliphatic heterocycles. The lowest BCUT2D eigenvalue weighted by Gasteiger charge is -2.12. The first-order valence-electron chi connectivity index (χ1n) is 11.2. The average molecular weight is 414 g/mol. The summed E-state index contributed by atoms with van der Waals surface area (Å²) in [4.78, 5) is 0. The summed E-state index contributed by atoms with van der Waals surface area (Å²) in [5, 5.41) is 3.87. The number of hydrogen-bond acceptors (Lipinski definition) is 0. The number of benzene rings is 4. The first-order chi connectivity index (χ1) is 15.7. The predicted molar refractivity (Wildman–Crippen MR) is 140 cm³/mol. The first-order valence-corrected chi connectivity index (χ1v) is 11.2. The normalized spacial score (nSPS) is 12.0. The second-order valence-electron chi connectivity index (χ2n) is 8.23. The SMILES string of the molecule is C/C=C\c1cc(-c2ccc(-n3ccc4c5ccccc5ccc43)cc2)cc(/C=C/C)c1C. The zero-order valence-electron chi connectivity index (χ0n) is 18.8. The molecule has 1 heteroatoms. The zero-order valence-corrected chi connectivity index (χ0v) is 18.8. The Labute approximate surface area is 190 Å². The maximum Gasteiger partial charge on any atom is 0.0534 e. The quantitative estimate of drug-likeness (QED) is 0.277. The maximum atomic E-state index is 2.29. The van der Waals surface area contributed by atoms with Crippen molar-refractivity contribution in [2.24, 2.45) is 0 Å². The van der Waals surface area contributed by atoms with Crippen molar-refractivity contribution in [1.82, 2.24) is 4.57 Å². The fourth-order valence-electron chi connectivity index (χ4n) is 4.57. The molecule has 0 unspecified atom stereocenters. The second-order valence-corrected chi connectivity index (χ2v) is 8.23. The predicted octanol–water partition coefficient (Wildman–Crippen LogP) is 8.83. The Kier molecular flexibility index (Phi) is 5.25. The van der Waals surface area contributed by atoms with E-state index in [2.05, 4.69) is 135 Å². The van der Waals surface area contributed by atoms with Crippen molar-refractivity contribution >= 4 is 33.8 Å². The van der Waals surface area contributed by atoms with Gasteiger partial charge in [0.1, 0.15) is 0 Å². The number of aromatic nitrogens is 1. The van der Waals surface area contributed by atoms with Crippen LogP contribution in [0, 0.1) is 6.92 Å². The van der Waals surface area contributed by atoms with Gasteiger partial charge in [-0.3, -0.25) is 0 Å². The summed E-state index contributed by atoms with van der Waals surface area (Å²) in [6.45, 7) is 6.33. The molecule has 0 radical (unpaired) electrons. The van der Waals surface area contributed by atoms with Crippen molar-refractivity contribution in [3.8, 4) is 16.8 Å². The van der Waals surface area contributed by atoms with Gasteiger partial charge < -0.3 is 4.57 Å². The number of nitrogens with zero attached hydrogens (tertiary/aromatic N) is 1. The minimum atomic E-state index is 1.17. The lowest BCUT2D eigenvalue weighted by atomic mass is 9.94. The largest absolute Gasteiger partial charge is 0.317 e. The topological polar surface area (TPSA) is 4.93 Å². The highest BCUT2D eigenvalue weighted by molar-refractivity contribution is 6.07. The monoisotopic (exact) mass is 413 g/mol. The third-order valence-electron chi connectivity index (χ3n) is 6.26. The summed E-state index contributed by atoms with van der Waals surface area (Å²) in [5.74, 6) is 0. The number of hydrogen-bond donors (Lipinski definition) is 0. The molecule has 0 bridgehead atoms. The lowest BCUT2D eigenvalue weighted by Crippen LogP contribution is -1.93. The van der Waals surface area contributed by atoms with Gasteiger partial charge in [-0.1, -0.05) is 66.8 Å². The van der Waals surface area contributed by atoms with Crippen LogP contribution in [0.25, 0.3) is 50.6 Å². The molecule has 0 N–H and O–H groups in total. The van der Waals surface area contributed by atoms with E-state index in [1.54, 1.807) is 0 Å². The Hall–Kier alpha value is -3.84. The summed E-state index contributed by atoms with van der Waals surface area (Å²) in [7, 11) is 0. The Morgan fingerprint density at radius 3 is 2.03 bits per heavy atom. The minimum Gasteiger partial charge on any atom is -0.317 e. The molecule has 5 aromatic rings. The average Bonchev–Trinajstić information content (AvgIpc) is 3.27. The molecular weight excluding hydrogens is 386 g/mol. The van der Waals surface area contributed by atoms with Crippen LogP contribution in [0.5, 0.6) is 0 Å². The molecule has 156 valence electrons. The molecule has 0 aliphatic carbocycles. The Balaban J connectivity index is 1.57. The van der Waals surface area contributed by atoms with Crippen LogP contribution in [0.3, 0.4) is 0 Å². The van der Waals surface area contributed by atoms with Crippen molar-refractivity contribution in [3.05, 3.63) is 114 Å². The third kappa shape index (κ3) is 3.46. The van der Waals surface area contributed by atoms with Gasteiger partial charge in [0.15, 0.2) is 0 Å². The molecule has 5 rings (SSSR count). The second kappa shape index (κ2) is 8.36. The number of rotatable bonds is 4. The molecule has 4 aromatic carbocycles. The van der Waals surface area contributed by atoms with Gasteiger partial charge >= 0.3 is 0 Å². The van der Waals surface area contributed by atoms with Gasteiger partial charge in [-0.2, -0.15) is 0 Å². The maximum absolute atomic E-state index is 2.29. The Morgan fingerprint density at radius 2 is 1.34 bits per heavy atom. The molecule has 32 heavy (non-hydrogen) atoms. The number of fused-ring (bicyclic) bond motifs is 3. The Bertz CT molecular complexity index is 1440. The zero-order chi connectivity index (χ0) is 22.1. The standard InChI is InChI=1S/C31H27N/c1-4-8-25-20-27(21-26(9-5-2)22(25)3)23-12-15-28(16-13-23)32-19-18-30-29-11-7-6-10-24(29)14-17-31(30)32/h4-21H,1-3H3/b8-4-,9-5+. The van der Waals surface area contributed by atoms with Gasteiger partial charge in [0, 0.05) is 17.3 Å². The summed E-state index contributed by atoms with van der Waals surface area (Å²) >= 11 is 0. The van der Waals surface area contributed by atoms with E-state index in [9.17, 15) is 0 Å². The van der Waals surface area contributed by atoms with Crippen LogP contribution in [0.1, 0.15) is 30.5 Å². The van der Waals surface area contributed by atoms with Gasteiger partial charge in [-0.25, -0.2) is 0 Å². The van der Waals surface area contributed by atoms with Crippen LogP contribution in [0.2, 0.25) is 0 Å². The summed E-state index contributed by atoms with van der Waals surface area (Å²) < 4.78 is 2.27. The molecule has 0 amide bonds. The van der Waals surface area contributed by atoms with Gasteiger partial charge in [0.2, 0.25) is 0 Å². The molecular formula is C31H27N. The van der Waals surface area contributed by atoms with E-state index in [-0.39, 0.29) is 0 Å². The van der Waals surface area contributed by atoms with Gasteiger partial charge in [0.05, 0.1) is 5.52 Å². The van der Waals surface area contributed by atoms with Crippen LogP contribution in [0.4, 0.5) is 0 Å². The molecule has 0 aliphatic rings. The van der Waals surface area contributed by atoms with Crippen molar-refractivity contribution in [2.45, 2.75) is 20.8 Å². The Morgan fingerprint density at radius 1 is 0.656 bits per heavy atom. The van der Waals surface area contributed by atoms with E-state index in [0.717, 1.165) is 0 Å². The smallest absolute Gasteiger partial charge is 0.0534 e. The van der Waals surface area contributed by atoms with Crippen LogP contribution in [-0.4, -0.2) is 4.57 Å². The first kappa shape index (κ1) is 20.1. The molecule has 1 nitrogen and oxygen atoms in total. The summed E-state index contributed by atoms with van der Waals surface area (Å²) in [6.07, 6.45) is 10.8. The van der Waals surface area contributed by atoms with Crippen LogP contribution >= 0.6 is 0 Å². The highest BCUT2D eigenvalue weighted by Crippen LogP contribution is 2.31. The molecule has 0 atom stereocenters. The van der Waals surface area contributed by atoms with E-state index in [0.29, 0.717) is 0 Å². The van der Waals surface area contributed by atoms with Crippen LogP contribution in [0.15, 0.2) is 97.2 Å². The highest BCUT2D eigenvalue weighted by Gasteiger charge is 2.09. The van der Waals surface area contributed by atoms with Gasteiger partial charge in [-0.05, 0) is 95.8 Å².